The summed E-state index contributed by atoms with van der Waals surface area (Å²) in [6.07, 6.45) is 47.2. The van der Waals surface area contributed by atoms with Crippen LogP contribution in [0.3, 0.4) is 0 Å². The van der Waals surface area contributed by atoms with E-state index < -0.39 is 0 Å². The normalized spacial score (nSPS) is 11.7. The molecule has 0 spiro atoms. The minimum Gasteiger partial charge on any atom is -0.466 e. The Labute approximate surface area is 266 Å². The van der Waals surface area contributed by atoms with Crippen molar-refractivity contribution in [2.75, 3.05) is 6.61 Å². The lowest BCUT2D eigenvalue weighted by atomic mass is 10.0. The van der Waals surface area contributed by atoms with Crippen molar-refractivity contribution in [1.29, 1.82) is 0 Å². The Balaban J connectivity index is 3.15. The van der Waals surface area contributed by atoms with Gasteiger partial charge in [0.2, 0.25) is 0 Å². The van der Waals surface area contributed by atoms with E-state index >= 15 is 0 Å². The van der Waals surface area contributed by atoms with Crippen molar-refractivity contribution in [3.05, 3.63) is 12.2 Å². The van der Waals surface area contributed by atoms with Gasteiger partial charge in [0, 0.05) is 6.42 Å². The minimum absolute atomic E-state index is 0.0161. The molecule has 0 aliphatic heterocycles. The number of carbonyl (C=O) groups excluding carboxylic acids is 1. The average Bonchev–Trinajstić information content (AvgIpc) is 2.98. The highest BCUT2D eigenvalue weighted by atomic mass is 16.5. The fourth-order valence-electron chi connectivity index (χ4n) is 5.89. The molecular weight excluding hydrogens is 512 g/mol. The molecule has 0 N–H and O–H groups in total. The third kappa shape index (κ3) is 37.2. The van der Waals surface area contributed by atoms with Gasteiger partial charge in [-0.2, -0.15) is 0 Å². The van der Waals surface area contributed by atoms with E-state index in [9.17, 15) is 4.79 Å². The summed E-state index contributed by atoms with van der Waals surface area (Å²) >= 11 is 0. The molecule has 0 heterocycles. The fraction of sp³-hybridized carbons (Fsp3) is 0.925. The smallest absolute Gasteiger partial charge is 0.305 e. The van der Waals surface area contributed by atoms with Crippen LogP contribution in [-0.2, 0) is 9.53 Å². The molecule has 42 heavy (non-hydrogen) atoms. The first-order valence-electron chi connectivity index (χ1n) is 19.5. The van der Waals surface area contributed by atoms with Crippen molar-refractivity contribution in [1.82, 2.24) is 0 Å². The largest absolute Gasteiger partial charge is 0.466 e. The van der Waals surface area contributed by atoms with Crippen LogP contribution < -0.4 is 0 Å². The zero-order valence-corrected chi connectivity index (χ0v) is 29.4. The number of hydrogen-bond donors (Lipinski definition) is 0. The van der Waals surface area contributed by atoms with Gasteiger partial charge in [0.1, 0.15) is 0 Å². The first-order valence-corrected chi connectivity index (χ1v) is 19.5. The summed E-state index contributed by atoms with van der Waals surface area (Å²) in [7, 11) is 0. The van der Waals surface area contributed by atoms with E-state index in [0.717, 1.165) is 25.2 Å². The van der Waals surface area contributed by atoms with E-state index in [1.807, 2.05) is 0 Å². The van der Waals surface area contributed by atoms with E-state index in [2.05, 4.69) is 32.9 Å². The average molecular weight is 591 g/mol. The number of hydrogen-bond acceptors (Lipinski definition) is 2. The van der Waals surface area contributed by atoms with Gasteiger partial charge >= 0.3 is 5.97 Å². The van der Waals surface area contributed by atoms with E-state index in [-0.39, 0.29) is 5.97 Å². The number of allylic oxidation sites excluding steroid dienone is 2. The van der Waals surface area contributed by atoms with Crippen molar-refractivity contribution >= 4 is 5.97 Å². The number of unbranched alkanes of at least 4 members (excludes halogenated alkanes) is 27. The highest BCUT2D eigenvalue weighted by Gasteiger charge is 2.02. The van der Waals surface area contributed by atoms with Gasteiger partial charge in [0.05, 0.1) is 6.61 Å². The van der Waals surface area contributed by atoms with Gasteiger partial charge in [-0.1, -0.05) is 200 Å². The Hall–Kier alpha value is -0.790. The SMILES string of the molecule is CCCCC=CCCCCCCCC(=O)OCCCCCCCCCCCCCCCCCCCCCCCC(C)C. The number of carbonyl (C=O) groups is 1. The first-order chi connectivity index (χ1) is 20.7. The predicted octanol–water partition coefficient (Wildman–Crippen LogP) is 14.2. The Kier molecular flexibility index (Phi) is 35.7. The molecule has 0 saturated heterocycles. The van der Waals surface area contributed by atoms with Crippen molar-refractivity contribution < 1.29 is 9.53 Å². The maximum absolute atomic E-state index is 11.9. The molecule has 0 unspecified atom stereocenters. The predicted molar refractivity (Wildman–Crippen MR) is 188 cm³/mol. The topological polar surface area (TPSA) is 26.3 Å². The summed E-state index contributed by atoms with van der Waals surface area (Å²) < 4.78 is 5.44. The Morgan fingerprint density at radius 3 is 1.26 bits per heavy atom. The summed E-state index contributed by atoms with van der Waals surface area (Å²) in [5, 5.41) is 0. The molecular formula is C40H78O2. The molecule has 0 radical (unpaired) electrons. The van der Waals surface area contributed by atoms with Crippen LogP contribution in [-0.4, -0.2) is 12.6 Å². The second-order valence-electron chi connectivity index (χ2n) is 13.7. The Morgan fingerprint density at radius 1 is 0.476 bits per heavy atom. The van der Waals surface area contributed by atoms with Crippen LogP contribution in [0.25, 0.3) is 0 Å². The molecule has 0 fully saturated rings. The lowest BCUT2D eigenvalue weighted by molar-refractivity contribution is -0.143. The van der Waals surface area contributed by atoms with Crippen LogP contribution in [0.1, 0.15) is 226 Å². The fourth-order valence-corrected chi connectivity index (χ4v) is 5.89. The maximum atomic E-state index is 11.9. The minimum atomic E-state index is 0.0161. The van der Waals surface area contributed by atoms with Gasteiger partial charge in [-0.25, -0.2) is 0 Å². The van der Waals surface area contributed by atoms with Gasteiger partial charge in [-0.3, -0.25) is 4.79 Å². The molecule has 0 bridgehead atoms. The monoisotopic (exact) mass is 591 g/mol. The van der Waals surface area contributed by atoms with Crippen molar-refractivity contribution in [2.24, 2.45) is 5.92 Å². The van der Waals surface area contributed by atoms with E-state index in [0.29, 0.717) is 13.0 Å². The molecule has 0 aliphatic rings. The highest BCUT2D eigenvalue weighted by molar-refractivity contribution is 5.69. The summed E-state index contributed by atoms with van der Waals surface area (Å²) in [6, 6.07) is 0. The summed E-state index contributed by atoms with van der Waals surface area (Å²) in [6.45, 7) is 7.55. The van der Waals surface area contributed by atoms with E-state index in [1.165, 1.54) is 180 Å². The standard InChI is InChI=1S/C40H78O2/c1-4-5-6-7-8-9-21-25-28-31-34-37-40(41)42-38-35-32-29-26-23-20-18-16-14-12-10-11-13-15-17-19-22-24-27-30-33-36-39(2)3/h7-8,39H,4-6,9-38H2,1-3H3. The molecule has 0 atom stereocenters. The lowest BCUT2D eigenvalue weighted by Gasteiger charge is -2.06. The molecule has 0 aromatic carbocycles. The maximum Gasteiger partial charge on any atom is 0.305 e. The third-order valence-electron chi connectivity index (χ3n) is 8.83. The molecule has 0 saturated carbocycles. The van der Waals surface area contributed by atoms with Crippen LogP contribution in [0.4, 0.5) is 0 Å². The van der Waals surface area contributed by atoms with Crippen LogP contribution >= 0.6 is 0 Å². The van der Waals surface area contributed by atoms with Crippen LogP contribution in [0.2, 0.25) is 0 Å². The van der Waals surface area contributed by atoms with Gasteiger partial charge < -0.3 is 4.74 Å². The highest BCUT2D eigenvalue weighted by Crippen LogP contribution is 2.16. The van der Waals surface area contributed by atoms with Crippen LogP contribution in [0.15, 0.2) is 12.2 Å². The van der Waals surface area contributed by atoms with Crippen LogP contribution in [0.5, 0.6) is 0 Å². The molecule has 0 aromatic heterocycles. The van der Waals surface area contributed by atoms with E-state index in [4.69, 9.17) is 4.74 Å². The van der Waals surface area contributed by atoms with Crippen molar-refractivity contribution in [3.8, 4) is 0 Å². The molecule has 0 aliphatic carbocycles. The van der Waals surface area contributed by atoms with Crippen molar-refractivity contribution in [2.45, 2.75) is 226 Å². The Morgan fingerprint density at radius 2 is 0.833 bits per heavy atom. The summed E-state index contributed by atoms with van der Waals surface area (Å²) in [5.74, 6) is 0.900. The third-order valence-corrected chi connectivity index (χ3v) is 8.83. The lowest BCUT2D eigenvalue weighted by Crippen LogP contribution is -2.05. The molecule has 2 heteroatoms. The zero-order valence-electron chi connectivity index (χ0n) is 29.4. The molecule has 0 aromatic rings. The van der Waals surface area contributed by atoms with Gasteiger partial charge in [0.25, 0.3) is 0 Å². The van der Waals surface area contributed by atoms with Crippen LogP contribution in [0, 0.1) is 5.92 Å². The Bertz CT molecular complexity index is 538. The van der Waals surface area contributed by atoms with Gasteiger partial charge in [-0.15, -0.1) is 0 Å². The molecule has 2 nitrogen and oxygen atoms in total. The molecule has 0 amide bonds. The second-order valence-corrected chi connectivity index (χ2v) is 13.7. The zero-order chi connectivity index (χ0) is 30.6. The molecule has 250 valence electrons. The van der Waals surface area contributed by atoms with Gasteiger partial charge in [-0.05, 0) is 38.0 Å². The summed E-state index contributed by atoms with van der Waals surface area (Å²) in [5.41, 5.74) is 0. The number of rotatable bonds is 35. The number of esters is 1. The second kappa shape index (κ2) is 36.4. The van der Waals surface area contributed by atoms with Crippen molar-refractivity contribution in [3.63, 3.8) is 0 Å². The summed E-state index contributed by atoms with van der Waals surface area (Å²) in [4.78, 5) is 11.9. The molecule has 0 rings (SSSR count). The quantitative estimate of drug-likeness (QED) is 0.0417. The number of ether oxygens (including phenoxy) is 1. The van der Waals surface area contributed by atoms with Gasteiger partial charge in [0.15, 0.2) is 0 Å². The van der Waals surface area contributed by atoms with E-state index in [1.54, 1.807) is 0 Å². The first kappa shape index (κ1) is 41.2.